The molecule has 0 saturated heterocycles. The molecule has 0 amide bonds. The summed E-state index contributed by atoms with van der Waals surface area (Å²) in [4.78, 5) is 22.1. The molecule has 0 spiro atoms. The Balaban J connectivity index is 3.94. The maximum Gasteiger partial charge on any atom is 0.133 e. The molecule has 0 aliphatic heterocycles. The van der Waals surface area contributed by atoms with Crippen molar-refractivity contribution < 1.29 is 9.59 Å². The highest BCUT2D eigenvalue weighted by molar-refractivity contribution is 5.78. The highest BCUT2D eigenvalue weighted by Gasteiger charge is 2.15. The Kier molecular flexibility index (Phi) is 9.16. The predicted octanol–water partition coefficient (Wildman–Crippen LogP) is 3.78. The van der Waals surface area contributed by atoms with Gasteiger partial charge in [-0.25, -0.2) is 0 Å². The van der Waals surface area contributed by atoms with E-state index in [0.717, 1.165) is 38.4 Å². The number of ketones is 1. The van der Waals surface area contributed by atoms with E-state index in [2.05, 4.69) is 20.8 Å². The molecule has 0 aliphatic rings. The van der Waals surface area contributed by atoms with Crippen molar-refractivity contribution in [1.82, 2.24) is 0 Å². The van der Waals surface area contributed by atoms with E-state index in [9.17, 15) is 9.59 Å². The van der Waals surface area contributed by atoms with Crippen molar-refractivity contribution in [2.75, 3.05) is 0 Å². The highest BCUT2D eigenvalue weighted by atomic mass is 16.1. The third-order valence-electron chi connectivity index (χ3n) is 3.46. The minimum atomic E-state index is 0.381. The lowest BCUT2D eigenvalue weighted by Gasteiger charge is -2.15. The Morgan fingerprint density at radius 3 is 1.94 bits per heavy atom. The second-order valence-electron chi connectivity index (χ2n) is 4.65. The summed E-state index contributed by atoms with van der Waals surface area (Å²) in [6.45, 7) is 6.39. The first kappa shape index (κ1) is 15.3. The number of carbonyl (C=O) groups excluding carboxylic acids is 2. The van der Waals surface area contributed by atoms with Crippen molar-refractivity contribution in [2.24, 2.45) is 11.8 Å². The van der Waals surface area contributed by atoms with E-state index in [4.69, 9.17) is 0 Å². The van der Waals surface area contributed by atoms with E-state index in [-0.39, 0.29) is 0 Å². The summed E-state index contributed by atoms with van der Waals surface area (Å²) in [6.07, 6.45) is 6.99. The van der Waals surface area contributed by atoms with Crippen molar-refractivity contribution in [3.63, 3.8) is 0 Å². The van der Waals surface area contributed by atoms with Crippen LogP contribution in [0.1, 0.15) is 65.7 Å². The van der Waals surface area contributed by atoms with Crippen LogP contribution in [0.25, 0.3) is 0 Å². The average Bonchev–Trinajstić information content (AvgIpc) is 2.31. The zero-order valence-corrected chi connectivity index (χ0v) is 11.0. The largest absolute Gasteiger partial charge is 0.303 e. The molecule has 0 radical (unpaired) electrons. The number of Topliss-reactive ketones (excluding diaryl/α,β-unsaturated/α-hetero) is 1. The van der Waals surface area contributed by atoms with Gasteiger partial charge in [-0.2, -0.15) is 0 Å². The minimum Gasteiger partial charge on any atom is -0.303 e. The van der Waals surface area contributed by atoms with E-state index in [1.807, 2.05) is 0 Å². The summed E-state index contributed by atoms with van der Waals surface area (Å²) < 4.78 is 0. The molecule has 0 aromatic heterocycles. The van der Waals surface area contributed by atoms with Gasteiger partial charge in [-0.1, -0.05) is 40.0 Å². The summed E-state index contributed by atoms with van der Waals surface area (Å²) in [5.41, 5.74) is 0. The highest BCUT2D eigenvalue weighted by Crippen LogP contribution is 2.20. The van der Waals surface area contributed by atoms with E-state index in [1.165, 1.54) is 0 Å². The summed E-state index contributed by atoms with van der Waals surface area (Å²) in [6, 6.07) is 0. The van der Waals surface area contributed by atoms with Gasteiger partial charge in [0.15, 0.2) is 0 Å². The first-order chi connectivity index (χ1) is 7.67. The molecule has 0 rings (SSSR count). The SMILES string of the molecule is CCC(CC)CC(=O)CC(CC)CCC=O. The molecule has 0 aromatic carbocycles. The van der Waals surface area contributed by atoms with Gasteiger partial charge >= 0.3 is 0 Å². The lowest BCUT2D eigenvalue weighted by molar-refractivity contribution is -0.121. The maximum absolute atomic E-state index is 11.8. The van der Waals surface area contributed by atoms with Crippen LogP contribution in [0.3, 0.4) is 0 Å². The van der Waals surface area contributed by atoms with E-state index >= 15 is 0 Å². The Hall–Kier alpha value is -0.660. The minimum absolute atomic E-state index is 0.381. The normalized spacial score (nSPS) is 12.8. The lowest BCUT2D eigenvalue weighted by atomic mass is 9.89. The molecule has 0 N–H and O–H groups in total. The first-order valence-corrected chi connectivity index (χ1v) is 6.63. The van der Waals surface area contributed by atoms with Crippen LogP contribution < -0.4 is 0 Å². The quantitative estimate of drug-likeness (QED) is 0.531. The van der Waals surface area contributed by atoms with Crippen molar-refractivity contribution >= 4 is 12.1 Å². The fraction of sp³-hybridized carbons (Fsp3) is 0.857. The third kappa shape index (κ3) is 6.76. The second kappa shape index (κ2) is 9.56. The standard InChI is InChI=1S/C14H26O2/c1-4-12(5-2)10-14(16)11-13(6-3)8-7-9-15/h9,12-13H,4-8,10-11H2,1-3H3. The van der Waals surface area contributed by atoms with Crippen LogP contribution in [-0.2, 0) is 9.59 Å². The fourth-order valence-corrected chi connectivity index (χ4v) is 2.06. The lowest BCUT2D eigenvalue weighted by Crippen LogP contribution is -2.12. The van der Waals surface area contributed by atoms with Crippen LogP contribution in [-0.4, -0.2) is 12.1 Å². The molecule has 0 aliphatic carbocycles. The van der Waals surface area contributed by atoms with Gasteiger partial charge in [0.05, 0.1) is 0 Å². The fourth-order valence-electron chi connectivity index (χ4n) is 2.06. The number of aldehydes is 1. The Bertz CT molecular complexity index is 195. The molecule has 16 heavy (non-hydrogen) atoms. The molecule has 0 aromatic rings. The Morgan fingerprint density at radius 1 is 1.00 bits per heavy atom. The summed E-state index contributed by atoms with van der Waals surface area (Å²) >= 11 is 0. The smallest absolute Gasteiger partial charge is 0.133 e. The summed E-state index contributed by atoms with van der Waals surface area (Å²) in [5, 5.41) is 0. The molecule has 1 atom stereocenters. The molecule has 1 unspecified atom stereocenters. The van der Waals surface area contributed by atoms with Crippen molar-refractivity contribution in [3.05, 3.63) is 0 Å². The van der Waals surface area contributed by atoms with Crippen LogP contribution in [0.5, 0.6) is 0 Å². The molecule has 2 nitrogen and oxygen atoms in total. The molecule has 0 bridgehead atoms. The van der Waals surface area contributed by atoms with Crippen LogP contribution in [0, 0.1) is 11.8 Å². The van der Waals surface area contributed by atoms with Crippen molar-refractivity contribution in [1.29, 1.82) is 0 Å². The van der Waals surface area contributed by atoms with E-state index in [0.29, 0.717) is 30.5 Å². The topological polar surface area (TPSA) is 34.1 Å². The van der Waals surface area contributed by atoms with Gasteiger partial charge in [0.25, 0.3) is 0 Å². The van der Waals surface area contributed by atoms with Gasteiger partial charge < -0.3 is 4.79 Å². The predicted molar refractivity (Wildman–Crippen MR) is 67.4 cm³/mol. The van der Waals surface area contributed by atoms with Crippen LogP contribution in [0.2, 0.25) is 0 Å². The molecular weight excluding hydrogens is 200 g/mol. The van der Waals surface area contributed by atoms with Gasteiger partial charge in [0.2, 0.25) is 0 Å². The van der Waals surface area contributed by atoms with E-state index in [1.54, 1.807) is 0 Å². The Morgan fingerprint density at radius 2 is 1.50 bits per heavy atom. The number of rotatable bonds is 10. The van der Waals surface area contributed by atoms with Gasteiger partial charge in [0, 0.05) is 19.3 Å². The summed E-state index contributed by atoms with van der Waals surface area (Å²) in [5.74, 6) is 1.34. The first-order valence-electron chi connectivity index (χ1n) is 6.63. The van der Waals surface area contributed by atoms with Crippen molar-refractivity contribution in [3.8, 4) is 0 Å². The third-order valence-corrected chi connectivity index (χ3v) is 3.46. The number of carbonyl (C=O) groups is 2. The second-order valence-corrected chi connectivity index (χ2v) is 4.65. The summed E-state index contributed by atoms with van der Waals surface area (Å²) in [7, 11) is 0. The zero-order valence-electron chi connectivity index (χ0n) is 11.0. The van der Waals surface area contributed by atoms with Gasteiger partial charge in [-0.15, -0.1) is 0 Å². The molecule has 2 heteroatoms. The molecule has 0 fully saturated rings. The van der Waals surface area contributed by atoms with Gasteiger partial charge in [-0.05, 0) is 18.3 Å². The van der Waals surface area contributed by atoms with Gasteiger partial charge in [0.1, 0.15) is 12.1 Å². The van der Waals surface area contributed by atoms with Crippen molar-refractivity contribution in [2.45, 2.75) is 65.7 Å². The zero-order chi connectivity index (χ0) is 12.4. The monoisotopic (exact) mass is 226 g/mol. The van der Waals surface area contributed by atoms with Crippen LogP contribution in [0.15, 0.2) is 0 Å². The van der Waals surface area contributed by atoms with Crippen LogP contribution >= 0.6 is 0 Å². The van der Waals surface area contributed by atoms with Gasteiger partial charge in [-0.3, -0.25) is 4.79 Å². The van der Waals surface area contributed by atoms with E-state index < -0.39 is 0 Å². The molecule has 94 valence electrons. The average molecular weight is 226 g/mol. The maximum atomic E-state index is 11.8. The van der Waals surface area contributed by atoms with Crippen LogP contribution in [0.4, 0.5) is 0 Å². The molecule has 0 heterocycles. The number of hydrogen-bond acceptors (Lipinski definition) is 2. The Labute approximate surface area is 99.8 Å². The molecule has 0 saturated carbocycles. The number of hydrogen-bond donors (Lipinski definition) is 0. The molecular formula is C14H26O2.